The predicted molar refractivity (Wildman–Crippen MR) is 75.0 cm³/mol. The zero-order valence-corrected chi connectivity index (χ0v) is 11.8. The summed E-state index contributed by atoms with van der Waals surface area (Å²) in [7, 11) is 1.80. The minimum absolute atomic E-state index is 0.216. The molecule has 2 rings (SSSR count). The van der Waals surface area contributed by atoms with Gasteiger partial charge in [-0.25, -0.2) is 4.98 Å². The first-order valence-electron chi connectivity index (χ1n) is 5.93. The minimum Gasteiger partial charge on any atom is -0.437 e. The Morgan fingerprint density at radius 3 is 2.63 bits per heavy atom. The molecule has 0 aliphatic rings. The molecular weight excluding hydrogens is 264 g/mol. The Morgan fingerprint density at radius 1 is 1.21 bits per heavy atom. The van der Waals surface area contributed by atoms with Gasteiger partial charge in [0.1, 0.15) is 17.4 Å². The van der Waals surface area contributed by atoms with E-state index in [0.717, 1.165) is 5.82 Å². The molecule has 19 heavy (non-hydrogen) atoms. The summed E-state index contributed by atoms with van der Waals surface area (Å²) in [6, 6.07) is 3.41. The zero-order chi connectivity index (χ0) is 13.8. The van der Waals surface area contributed by atoms with Gasteiger partial charge in [0.2, 0.25) is 5.88 Å². The van der Waals surface area contributed by atoms with Crippen LogP contribution in [0, 0.1) is 0 Å². The lowest BCUT2D eigenvalue weighted by atomic mass is 10.2. The van der Waals surface area contributed by atoms with Crippen molar-refractivity contribution in [3.63, 3.8) is 0 Å². The Kier molecular flexibility index (Phi) is 4.16. The van der Waals surface area contributed by atoms with Gasteiger partial charge in [0.05, 0.1) is 11.2 Å². The average Bonchev–Trinajstić information content (AvgIpc) is 2.38. The van der Waals surface area contributed by atoms with Gasteiger partial charge >= 0.3 is 0 Å². The lowest BCUT2D eigenvalue weighted by molar-refractivity contribution is 0.455. The van der Waals surface area contributed by atoms with Crippen LogP contribution >= 0.6 is 11.6 Å². The fourth-order valence-electron chi connectivity index (χ4n) is 1.45. The number of nitrogens with zero attached hydrogens (tertiary/aromatic N) is 3. The Bertz CT molecular complexity index is 574. The van der Waals surface area contributed by atoms with Crippen LogP contribution in [0.5, 0.6) is 11.6 Å². The van der Waals surface area contributed by atoms with E-state index in [1.54, 1.807) is 31.6 Å². The van der Waals surface area contributed by atoms with Gasteiger partial charge in [-0.15, -0.1) is 0 Å². The van der Waals surface area contributed by atoms with E-state index in [1.165, 1.54) is 0 Å². The molecule has 2 heterocycles. The lowest BCUT2D eigenvalue weighted by Gasteiger charge is -2.10. The molecule has 1 N–H and O–H groups in total. The summed E-state index contributed by atoms with van der Waals surface area (Å²) in [5.74, 6) is 2.66. The van der Waals surface area contributed by atoms with Crippen molar-refractivity contribution in [3.8, 4) is 11.6 Å². The molecule has 2 aromatic rings. The van der Waals surface area contributed by atoms with Crippen LogP contribution in [0.2, 0.25) is 5.02 Å². The molecule has 0 amide bonds. The second-order valence-corrected chi connectivity index (χ2v) is 4.73. The van der Waals surface area contributed by atoms with Crippen molar-refractivity contribution in [1.29, 1.82) is 0 Å². The summed E-state index contributed by atoms with van der Waals surface area (Å²) in [5, 5.41) is 3.51. The molecule has 0 aliphatic carbocycles. The van der Waals surface area contributed by atoms with Gasteiger partial charge < -0.3 is 10.1 Å². The summed E-state index contributed by atoms with van der Waals surface area (Å²) in [6.45, 7) is 4.05. The highest BCUT2D eigenvalue weighted by Gasteiger charge is 2.09. The first-order valence-corrected chi connectivity index (χ1v) is 6.31. The first kappa shape index (κ1) is 13.5. The van der Waals surface area contributed by atoms with Crippen LogP contribution in [0.4, 0.5) is 5.82 Å². The zero-order valence-electron chi connectivity index (χ0n) is 11.0. The third-order valence-electron chi connectivity index (χ3n) is 2.39. The number of anilines is 1. The van der Waals surface area contributed by atoms with Crippen LogP contribution in [-0.2, 0) is 0 Å². The van der Waals surface area contributed by atoms with E-state index in [-0.39, 0.29) is 5.92 Å². The van der Waals surface area contributed by atoms with Crippen molar-refractivity contribution in [2.24, 2.45) is 0 Å². The second kappa shape index (κ2) is 5.84. The van der Waals surface area contributed by atoms with Gasteiger partial charge in [-0.05, 0) is 0 Å². The summed E-state index contributed by atoms with van der Waals surface area (Å²) in [6.07, 6.45) is 3.13. The van der Waals surface area contributed by atoms with Gasteiger partial charge in [-0.2, -0.15) is 4.98 Å². The summed E-state index contributed by atoms with van der Waals surface area (Å²) in [5.41, 5.74) is 0. The highest BCUT2D eigenvalue weighted by Crippen LogP contribution is 2.24. The number of ether oxygens (including phenoxy) is 1. The summed E-state index contributed by atoms with van der Waals surface area (Å²) >= 11 is 5.86. The number of rotatable bonds is 4. The van der Waals surface area contributed by atoms with Gasteiger partial charge in [-0.3, -0.25) is 4.98 Å². The number of hydrogen-bond donors (Lipinski definition) is 1. The van der Waals surface area contributed by atoms with E-state index in [4.69, 9.17) is 16.3 Å². The monoisotopic (exact) mass is 278 g/mol. The Hall–Kier alpha value is -1.88. The normalized spacial score (nSPS) is 10.6. The van der Waals surface area contributed by atoms with Crippen molar-refractivity contribution < 1.29 is 4.74 Å². The van der Waals surface area contributed by atoms with E-state index >= 15 is 0 Å². The number of nitrogens with one attached hydrogen (secondary N) is 1. The number of halogens is 1. The fraction of sp³-hybridized carbons (Fsp3) is 0.308. The van der Waals surface area contributed by atoms with Crippen molar-refractivity contribution in [3.05, 3.63) is 35.4 Å². The molecule has 0 bridgehead atoms. The number of hydrogen-bond acceptors (Lipinski definition) is 5. The maximum Gasteiger partial charge on any atom is 0.224 e. The van der Waals surface area contributed by atoms with E-state index in [1.807, 2.05) is 13.8 Å². The molecule has 0 atom stereocenters. The first-order chi connectivity index (χ1) is 9.08. The van der Waals surface area contributed by atoms with Crippen molar-refractivity contribution in [2.45, 2.75) is 19.8 Å². The molecule has 0 radical (unpaired) electrons. The molecule has 0 saturated heterocycles. The largest absolute Gasteiger partial charge is 0.437 e. The molecule has 0 saturated carbocycles. The van der Waals surface area contributed by atoms with E-state index in [9.17, 15) is 0 Å². The predicted octanol–water partition coefficient (Wildman–Crippen LogP) is 3.48. The maximum atomic E-state index is 5.86. The third kappa shape index (κ3) is 3.54. The molecular formula is C13H15ClN4O. The highest BCUT2D eigenvalue weighted by atomic mass is 35.5. The van der Waals surface area contributed by atoms with E-state index in [0.29, 0.717) is 22.5 Å². The minimum atomic E-state index is 0.216. The molecule has 5 nitrogen and oxygen atoms in total. The van der Waals surface area contributed by atoms with Crippen LogP contribution < -0.4 is 10.1 Å². The van der Waals surface area contributed by atoms with Crippen LogP contribution in [0.25, 0.3) is 0 Å². The molecule has 0 spiro atoms. The van der Waals surface area contributed by atoms with Crippen molar-refractivity contribution in [1.82, 2.24) is 15.0 Å². The molecule has 100 valence electrons. The molecule has 6 heteroatoms. The lowest BCUT2D eigenvalue weighted by Crippen LogP contribution is -2.03. The van der Waals surface area contributed by atoms with Crippen LogP contribution in [0.15, 0.2) is 24.5 Å². The molecule has 2 aromatic heterocycles. The molecule has 0 unspecified atom stereocenters. The van der Waals surface area contributed by atoms with E-state index < -0.39 is 0 Å². The van der Waals surface area contributed by atoms with Gasteiger partial charge in [0, 0.05) is 31.3 Å². The summed E-state index contributed by atoms with van der Waals surface area (Å²) in [4.78, 5) is 12.7. The smallest absolute Gasteiger partial charge is 0.224 e. The van der Waals surface area contributed by atoms with Gasteiger partial charge in [-0.1, -0.05) is 25.4 Å². The number of pyridine rings is 1. The Labute approximate surface area is 117 Å². The standard InChI is InChI=1S/C13H15ClN4O/c1-8(2)13-17-11(15-3)5-12(18-13)19-10-4-9(14)6-16-7-10/h4-8H,1-3H3,(H,15,17,18). The molecule has 0 aliphatic heterocycles. The van der Waals surface area contributed by atoms with Gasteiger partial charge in [0.15, 0.2) is 0 Å². The quantitative estimate of drug-likeness (QED) is 0.928. The SMILES string of the molecule is CNc1cc(Oc2cncc(Cl)c2)nc(C(C)C)n1. The Balaban J connectivity index is 2.31. The van der Waals surface area contributed by atoms with Crippen LogP contribution in [0.1, 0.15) is 25.6 Å². The number of aromatic nitrogens is 3. The highest BCUT2D eigenvalue weighted by molar-refractivity contribution is 6.30. The van der Waals surface area contributed by atoms with Crippen LogP contribution in [0.3, 0.4) is 0 Å². The topological polar surface area (TPSA) is 59.9 Å². The third-order valence-corrected chi connectivity index (χ3v) is 2.60. The van der Waals surface area contributed by atoms with Crippen molar-refractivity contribution in [2.75, 3.05) is 12.4 Å². The molecule has 0 aromatic carbocycles. The Morgan fingerprint density at radius 2 is 2.00 bits per heavy atom. The van der Waals surface area contributed by atoms with Gasteiger partial charge in [0.25, 0.3) is 0 Å². The van der Waals surface area contributed by atoms with E-state index in [2.05, 4.69) is 20.3 Å². The maximum absolute atomic E-state index is 5.86. The molecule has 0 fully saturated rings. The fourth-order valence-corrected chi connectivity index (χ4v) is 1.61. The second-order valence-electron chi connectivity index (χ2n) is 4.30. The average molecular weight is 279 g/mol. The van der Waals surface area contributed by atoms with Crippen molar-refractivity contribution >= 4 is 17.4 Å². The summed E-state index contributed by atoms with van der Waals surface area (Å²) < 4.78 is 5.65. The van der Waals surface area contributed by atoms with Crippen LogP contribution in [-0.4, -0.2) is 22.0 Å².